The van der Waals surface area contributed by atoms with E-state index in [2.05, 4.69) is 38.5 Å². The van der Waals surface area contributed by atoms with Gasteiger partial charge >= 0.3 is 0 Å². The summed E-state index contributed by atoms with van der Waals surface area (Å²) in [5.41, 5.74) is 0.604. The molecular formula is C23H17BrINO3. The molecule has 1 aliphatic heterocycles. The van der Waals surface area contributed by atoms with Crippen molar-refractivity contribution in [2.75, 3.05) is 4.90 Å². The van der Waals surface area contributed by atoms with Gasteiger partial charge in [-0.15, -0.1) is 0 Å². The number of anilines is 1. The van der Waals surface area contributed by atoms with E-state index < -0.39 is 11.5 Å². The van der Waals surface area contributed by atoms with Crippen molar-refractivity contribution in [3.8, 4) is 0 Å². The Bertz CT molecular complexity index is 1090. The standard InChI is InChI=1S/C23H17BrINO3/c24-17-8-11-20-19(12-17)23(29,13-21(27)16-6-9-18(25)10-7-16)22(28)26(20)14-15-4-2-1-3-5-15/h1-12,29H,13-14H2/t23-/m0/s1. The summed E-state index contributed by atoms with van der Waals surface area (Å²) in [5.74, 6) is -0.752. The van der Waals surface area contributed by atoms with E-state index in [9.17, 15) is 14.7 Å². The molecule has 0 aliphatic carbocycles. The van der Waals surface area contributed by atoms with Crippen molar-refractivity contribution in [3.63, 3.8) is 0 Å². The van der Waals surface area contributed by atoms with Crippen LogP contribution in [-0.2, 0) is 16.9 Å². The van der Waals surface area contributed by atoms with Gasteiger partial charge in [-0.05, 0) is 58.5 Å². The van der Waals surface area contributed by atoms with E-state index in [-0.39, 0.29) is 12.2 Å². The number of rotatable bonds is 5. The predicted octanol–water partition coefficient (Wildman–Crippen LogP) is 5.06. The Morgan fingerprint density at radius 2 is 1.72 bits per heavy atom. The maximum atomic E-state index is 13.3. The maximum absolute atomic E-state index is 13.3. The van der Waals surface area contributed by atoms with Crippen molar-refractivity contribution in [1.82, 2.24) is 0 Å². The SMILES string of the molecule is O=C(C[C@@]1(O)C(=O)N(Cc2ccccc2)c2ccc(Br)cc21)c1ccc(I)cc1. The van der Waals surface area contributed by atoms with Crippen LogP contribution in [0.3, 0.4) is 0 Å². The topological polar surface area (TPSA) is 57.6 Å². The molecule has 1 N–H and O–H groups in total. The lowest BCUT2D eigenvalue weighted by Gasteiger charge is -2.23. The Labute approximate surface area is 190 Å². The zero-order valence-electron chi connectivity index (χ0n) is 15.3. The number of halogens is 2. The highest BCUT2D eigenvalue weighted by Crippen LogP contribution is 2.44. The summed E-state index contributed by atoms with van der Waals surface area (Å²) in [4.78, 5) is 27.8. The van der Waals surface area contributed by atoms with Crippen molar-refractivity contribution < 1.29 is 14.7 Å². The number of nitrogens with zero attached hydrogens (tertiary/aromatic N) is 1. The minimum Gasteiger partial charge on any atom is -0.375 e. The average Bonchev–Trinajstić information content (AvgIpc) is 2.91. The van der Waals surface area contributed by atoms with E-state index >= 15 is 0 Å². The molecule has 1 amide bonds. The summed E-state index contributed by atoms with van der Waals surface area (Å²) in [6.45, 7) is 0.328. The molecule has 0 bridgehead atoms. The summed E-state index contributed by atoms with van der Waals surface area (Å²) < 4.78 is 1.75. The van der Waals surface area contributed by atoms with Gasteiger partial charge in [0.25, 0.3) is 5.91 Å². The molecule has 0 saturated heterocycles. The Morgan fingerprint density at radius 1 is 1.03 bits per heavy atom. The van der Waals surface area contributed by atoms with Gasteiger partial charge in [0.15, 0.2) is 11.4 Å². The summed E-state index contributed by atoms with van der Waals surface area (Å²) >= 11 is 5.58. The van der Waals surface area contributed by atoms with Crippen LogP contribution in [-0.4, -0.2) is 16.8 Å². The largest absolute Gasteiger partial charge is 0.375 e. The van der Waals surface area contributed by atoms with Gasteiger partial charge in [0, 0.05) is 19.2 Å². The normalized spacial score (nSPS) is 18.0. The predicted molar refractivity (Wildman–Crippen MR) is 124 cm³/mol. The van der Waals surface area contributed by atoms with Crippen LogP contribution in [0.25, 0.3) is 0 Å². The Balaban J connectivity index is 1.71. The minimum atomic E-state index is -1.89. The summed E-state index contributed by atoms with van der Waals surface area (Å²) in [6, 6.07) is 22.0. The first kappa shape index (κ1) is 20.3. The molecule has 6 heteroatoms. The van der Waals surface area contributed by atoms with E-state index in [1.165, 1.54) is 0 Å². The summed E-state index contributed by atoms with van der Waals surface area (Å²) in [6.07, 6.45) is -0.304. The van der Waals surface area contributed by atoms with Crippen LogP contribution in [0.2, 0.25) is 0 Å². The second-order valence-electron chi connectivity index (χ2n) is 7.01. The molecule has 1 atom stereocenters. The fraction of sp³-hybridized carbons (Fsp3) is 0.130. The molecule has 29 heavy (non-hydrogen) atoms. The van der Waals surface area contributed by atoms with E-state index in [1.807, 2.05) is 48.5 Å². The molecule has 0 saturated carbocycles. The number of carbonyl (C=O) groups is 2. The van der Waals surface area contributed by atoms with Crippen LogP contribution >= 0.6 is 38.5 Å². The average molecular weight is 562 g/mol. The molecule has 0 aromatic heterocycles. The lowest BCUT2D eigenvalue weighted by Crippen LogP contribution is -2.41. The molecule has 4 rings (SSSR count). The van der Waals surface area contributed by atoms with Gasteiger partial charge < -0.3 is 10.0 Å². The molecule has 1 aliphatic rings. The van der Waals surface area contributed by atoms with E-state index in [0.29, 0.717) is 23.4 Å². The first-order chi connectivity index (χ1) is 13.9. The lowest BCUT2D eigenvalue weighted by atomic mass is 9.88. The van der Waals surface area contributed by atoms with Crippen molar-refractivity contribution >= 4 is 55.9 Å². The Kier molecular flexibility index (Phi) is 5.59. The van der Waals surface area contributed by atoms with Gasteiger partial charge in [0.2, 0.25) is 0 Å². The summed E-state index contributed by atoms with van der Waals surface area (Å²) in [5, 5.41) is 11.4. The summed E-state index contributed by atoms with van der Waals surface area (Å²) in [7, 11) is 0. The smallest absolute Gasteiger partial charge is 0.264 e. The molecule has 146 valence electrons. The van der Waals surface area contributed by atoms with Crippen molar-refractivity contribution in [3.05, 3.63) is 97.5 Å². The Morgan fingerprint density at radius 3 is 2.41 bits per heavy atom. The van der Waals surface area contributed by atoms with Crippen LogP contribution in [0.1, 0.15) is 27.9 Å². The molecule has 0 spiro atoms. The number of ketones is 1. The number of hydrogen-bond acceptors (Lipinski definition) is 3. The third-order valence-corrected chi connectivity index (χ3v) is 6.27. The molecule has 1 heterocycles. The van der Waals surface area contributed by atoms with Gasteiger partial charge in [-0.25, -0.2) is 0 Å². The second kappa shape index (κ2) is 8.01. The quantitative estimate of drug-likeness (QED) is 0.350. The van der Waals surface area contributed by atoms with Crippen molar-refractivity contribution in [1.29, 1.82) is 0 Å². The number of amides is 1. The number of benzene rings is 3. The van der Waals surface area contributed by atoms with E-state index in [0.717, 1.165) is 13.6 Å². The van der Waals surface area contributed by atoms with Crippen molar-refractivity contribution in [2.24, 2.45) is 0 Å². The van der Waals surface area contributed by atoms with Gasteiger partial charge in [0.05, 0.1) is 18.7 Å². The van der Waals surface area contributed by atoms with E-state index in [4.69, 9.17) is 0 Å². The number of fused-ring (bicyclic) bond motifs is 1. The van der Waals surface area contributed by atoms with Crippen LogP contribution in [0.15, 0.2) is 77.3 Å². The minimum absolute atomic E-state index is 0.273. The second-order valence-corrected chi connectivity index (χ2v) is 9.17. The number of hydrogen-bond donors (Lipinski definition) is 1. The molecular weight excluding hydrogens is 545 g/mol. The van der Waals surface area contributed by atoms with E-state index in [1.54, 1.807) is 29.2 Å². The zero-order valence-corrected chi connectivity index (χ0v) is 19.1. The van der Waals surface area contributed by atoms with Crippen LogP contribution in [0.5, 0.6) is 0 Å². The third kappa shape index (κ3) is 3.89. The zero-order chi connectivity index (χ0) is 20.6. The van der Waals surface area contributed by atoms with Gasteiger partial charge in [-0.2, -0.15) is 0 Å². The molecule has 0 radical (unpaired) electrons. The molecule has 0 unspecified atom stereocenters. The molecule has 4 nitrogen and oxygen atoms in total. The fourth-order valence-electron chi connectivity index (χ4n) is 3.59. The maximum Gasteiger partial charge on any atom is 0.264 e. The van der Waals surface area contributed by atoms with Gasteiger partial charge in [0.1, 0.15) is 0 Å². The third-order valence-electron chi connectivity index (χ3n) is 5.06. The lowest BCUT2D eigenvalue weighted by molar-refractivity contribution is -0.136. The highest BCUT2D eigenvalue weighted by Gasteiger charge is 2.51. The number of Topliss-reactive ketones (excluding diaryl/α,β-unsaturated/α-hetero) is 1. The van der Waals surface area contributed by atoms with Gasteiger partial charge in [-0.3, -0.25) is 9.59 Å². The Hall–Kier alpha value is -2.03. The highest BCUT2D eigenvalue weighted by molar-refractivity contribution is 14.1. The first-order valence-electron chi connectivity index (χ1n) is 9.05. The highest BCUT2D eigenvalue weighted by atomic mass is 127. The van der Waals surface area contributed by atoms with Gasteiger partial charge in [-0.1, -0.05) is 58.4 Å². The van der Waals surface area contributed by atoms with Crippen LogP contribution < -0.4 is 4.90 Å². The number of aliphatic hydroxyl groups is 1. The monoisotopic (exact) mass is 561 g/mol. The van der Waals surface area contributed by atoms with Crippen LogP contribution in [0, 0.1) is 3.57 Å². The number of carbonyl (C=O) groups excluding carboxylic acids is 2. The van der Waals surface area contributed by atoms with Crippen LogP contribution in [0.4, 0.5) is 5.69 Å². The molecule has 3 aromatic rings. The molecule has 0 fully saturated rings. The first-order valence-corrected chi connectivity index (χ1v) is 10.9. The molecule has 3 aromatic carbocycles. The van der Waals surface area contributed by atoms with Crippen molar-refractivity contribution in [2.45, 2.75) is 18.6 Å². The fourth-order valence-corrected chi connectivity index (χ4v) is 4.31.